The van der Waals surface area contributed by atoms with E-state index in [1.54, 1.807) is 0 Å². The highest BCUT2D eigenvalue weighted by Gasteiger charge is 2.28. The Morgan fingerprint density at radius 3 is 3.06 bits per heavy atom. The Hall–Kier alpha value is -0.870. The predicted molar refractivity (Wildman–Crippen MR) is 72.5 cm³/mol. The number of nitrogens with one attached hydrogen (secondary N) is 1. The van der Waals surface area contributed by atoms with Crippen LogP contribution in [0.1, 0.15) is 38.5 Å². The first-order chi connectivity index (χ1) is 8.93. The maximum absolute atomic E-state index is 5.48. The Kier molecular flexibility index (Phi) is 3.96. The van der Waals surface area contributed by atoms with Gasteiger partial charge in [-0.25, -0.2) is 0 Å². The molecule has 1 saturated heterocycles. The highest BCUT2D eigenvalue weighted by molar-refractivity contribution is 6.01. The van der Waals surface area contributed by atoms with E-state index in [0.717, 1.165) is 25.9 Å². The van der Waals surface area contributed by atoms with Crippen molar-refractivity contribution in [2.75, 3.05) is 26.2 Å². The molecule has 1 atom stereocenters. The summed E-state index contributed by atoms with van der Waals surface area (Å²) in [5.74, 6) is 0. The number of fused-ring (bicyclic) bond motifs is 1. The molecule has 0 aromatic rings. The topological polar surface area (TPSA) is 36.9 Å². The lowest BCUT2D eigenvalue weighted by Gasteiger charge is -2.26. The predicted octanol–water partition coefficient (Wildman–Crippen LogP) is 1.88. The van der Waals surface area contributed by atoms with Crippen molar-refractivity contribution >= 4 is 5.71 Å². The van der Waals surface area contributed by atoms with Crippen LogP contribution in [0.15, 0.2) is 16.8 Å². The van der Waals surface area contributed by atoms with Crippen molar-refractivity contribution in [3.63, 3.8) is 0 Å². The van der Waals surface area contributed by atoms with E-state index in [1.807, 2.05) is 0 Å². The molecule has 3 heterocycles. The molecule has 4 nitrogen and oxygen atoms in total. The Morgan fingerprint density at radius 1 is 1.28 bits per heavy atom. The van der Waals surface area contributed by atoms with Crippen LogP contribution in [-0.4, -0.2) is 43.0 Å². The molecule has 1 fully saturated rings. The summed E-state index contributed by atoms with van der Waals surface area (Å²) >= 11 is 0. The summed E-state index contributed by atoms with van der Waals surface area (Å²) < 4.78 is 0. The van der Waals surface area contributed by atoms with E-state index < -0.39 is 0 Å². The van der Waals surface area contributed by atoms with E-state index in [-0.39, 0.29) is 6.23 Å². The van der Waals surface area contributed by atoms with E-state index in [9.17, 15) is 0 Å². The van der Waals surface area contributed by atoms with Crippen LogP contribution in [0.4, 0.5) is 0 Å². The standard InChI is InChI=1S/C14H23N3O/c1-4-9-17(10-5-1)11-7-13-12-6-2-3-8-15-14(12)18-16-13/h6,14-15H,1-5,7-11H2. The van der Waals surface area contributed by atoms with Gasteiger partial charge in [0.15, 0.2) is 0 Å². The van der Waals surface area contributed by atoms with Crippen molar-refractivity contribution in [3.05, 3.63) is 11.6 Å². The molecule has 18 heavy (non-hydrogen) atoms. The molecule has 0 bridgehead atoms. The van der Waals surface area contributed by atoms with Crippen LogP contribution in [0.3, 0.4) is 0 Å². The van der Waals surface area contributed by atoms with Gasteiger partial charge in [-0.3, -0.25) is 5.32 Å². The fourth-order valence-corrected chi connectivity index (χ4v) is 2.98. The second-order valence-corrected chi connectivity index (χ2v) is 5.43. The minimum atomic E-state index is 0.0313. The summed E-state index contributed by atoms with van der Waals surface area (Å²) in [4.78, 5) is 8.04. The van der Waals surface area contributed by atoms with Crippen molar-refractivity contribution in [3.8, 4) is 0 Å². The van der Waals surface area contributed by atoms with Crippen molar-refractivity contribution in [1.82, 2.24) is 10.2 Å². The van der Waals surface area contributed by atoms with Crippen LogP contribution >= 0.6 is 0 Å². The molecule has 0 aromatic heterocycles. The molecule has 0 radical (unpaired) electrons. The number of piperidine rings is 1. The molecular formula is C14H23N3O. The van der Waals surface area contributed by atoms with Crippen LogP contribution in [0.25, 0.3) is 0 Å². The van der Waals surface area contributed by atoms with Crippen LogP contribution in [0, 0.1) is 0 Å². The van der Waals surface area contributed by atoms with Crippen molar-refractivity contribution in [2.45, 2.75) is 44.8 Å². The molecule has 0 spiro atoms. The van der Waals surface area contributed by atoms with Crippen LogP contribution in [-0.2, 0) is 4.84 Å². The van der Waals surface area contributed by atoms with Crippen LogP contribution in [0.5, 0.6) is 0 Å². The third-order valence-electron chi connectivity index (χ3n) is 4.07. The Bertz CT molecular complexity index is 345. The van der Waals surface area contributed by atoms with Gasteiger partial charge in [0.2, 0.25) is 6.23 Å². The number of rotatable bonds is 3. The Morgan fingerprint density at radius 2 is 2.17 bits per heavy atom. The first kappa shape index (κ1) is 12.2. The van der Waals surface area contributed by atoms with Gasteiger partial charge in [0.25, 0.3) is 0 Å². The highest BCUT2D eigenvalue weighted by atomic mass is 16.7. The third-order valence-corrected chi connectivity index (χ3v) is 4.07. The van der Waals surface area contributed by atoms with Crippen LogP contribution in [0.2, 0.25) is 0 Å². The van der Waals surface area contributed by atoms with Crippen molar-refractivity contribution in [1.29, 1.82) is 0 Å². The van der Waals surface area contributed by atoms with Gasteiger partial charge in [0, 0.05) is 18.5 Å². The number of likely N-dealkylation sites (tertiary alicyclic amines) is 1. The van der Waals surface area contributed by atoms with Crippen molar-refractivity contribution < 1.29 is 4.84 Å². The molecule has 0 saturated carbocycles. The molecule has 0 aromatic carbocycles. The number of allylic oxidation sites excluding steroid dienone is 1. The monoisotopic (exact) mass is 249 g/mol. The number of oxime groups is 1. The zero-order valence-corrected chi connectivity index (χ0v) is 11.0. The average Bonchev–Trinajstić information content (AvgIpc) is 2.65. The number of hydrogen-bond donors (Lipinski definition) is 1. The largest absolute Gasteiger partial charge is 0.371 e. The van der Waals surface area contributed by atoms with E-state index in [4.69, 9.17) is 4.84 Å². The lowest BCUT2D eigenvalue weighted by Crippen LogP contribution is -2.33. The SMILES string of the molecule is C1=C2C(CCN3CCCCC3)=NOC2NCCC1. The zero-order valence-electron chi connectivity index (χ0n) is 11.0. The van der Waals surface area contributed by atoms with E-state index in [2.05, 4.69) is 21.4 Å². The van der Waals surface area contributed by atoms with Gasteiger partial charge in [-0.05, 0) is 45.3 Å². The van der Waals surface area contributed by atoms with E-state index in [0.29, 0.717) is 0 Å². The van der Waals surface area contributed by atoms with Gasteiger partial charge in [0.1, 0.15) is 0 Å². The second-order valence-electron chi connectivity index (χ2n) is 5.43. The average molecular weight is 249 g/mol. The maximum atomic E-state index is 5.48. The lowest BCUT2D eigenvalue weighted by molar-refractivity contribution is 0.0807. The van der Waals surface area contributed by atoms with Gasteiger partial charge >= 0.3 is 0 Å². The summed E-state index contributed by atoms with van der Waals surface area (Å²) in [6.07, 6.45) is 9.83. The molecule has 1 N–H and O–H groups in total. The Balaban J connectivity index is 1.54. The molecule has 3 aliphatic heterocycles. The van der Waals surface area contributed by atoms with E-state index in [1.165, 1.54) is 50.1 Å². The number of hydrogen-bond acceptors (Lipinski definition) is 4. The first-order valence-corrected chi connectivity index (χ1v) is 7.32. The summed E-state index contributed by atoms with van der Waals surface area (Å²) in [5.41, 5.74) is 2.46. The van der Waals surface area contributed by atoms with Crippen molar-refractivity contribution in [2.24, 2.45) is 5.16 Å². The maximum Gasteiger partial charge on any atom is 0.206 e. The summed E-state index contributed by atoms with van der Waals surface area (Å²) in [6, 6.07) is 0. The first-order valence-electron chi connectivity index (χ1n) is 7.32. The molecular weight excluding hydrogens is 226 g/mol. The van der Waals surface area contributed by atoms with Gasteiger partial charge < -0.3 is 9.74 Å². The summed E-state index contributed by atoms with van der Waals surface area (Å²) in [5, 5.41) is 7.66. The molecule has 3 aliphatic rings. The van der Waals surface area contributed by atoms with E-state index >= 15 is 0 Å². The zero-order chi connectivity index (χ0) is 12.2. The van der Waals surface area contributed by atoms with Crippen LogP contribution < -0.4 is 5.32 Å². The van der Waals surface area contributed by atoms with Gasteiger partial charge in [-0.15, -0.1) is 0 Å². The fraction of sp³-hybridized carbons (Fsp3) is 0.786. The molecule has 0 amide bonds. The Labute approximate surface area is 109 Å². The van der Waals surface area contributed by atoms with Gasteiger partial charge in [0.05, 0.1) is 5.71 Å². The molecule has 0 aliphatic carbocycles. The molecule has 100 valence electrons. The molecule has 1 unspecified atom stereocenters. The molecule has 4 heteroatoms. The molecule has 3 rings (SSSR count). The fourth-order valence-electron chi connectivity index (χ4n) is 2.98. The number of nitrogens with zero attached hydrogens (tertiary/aromatic N) is 2. The highest BCUT2D eigenvalue weighted by Crippen LogP contribution is 2.21. The van der Waals surface area contributed by atoms with Gasteiger partial charge in [-0.1, -0.05) is 17.7 Å². The lowest BCUT2D eigenvalue weighted by atomic mass is 10.0. The quantitative estimate of drug-likeness (QED) is 0.830. The summed E-state index contributed by atoms with van der Waals surface area (Å²) in [6.45, 7) is 4.68. The smallest absolute Gasteiger partial charge is 0.206 e. The third kappa shape index (κ3) is 2.75. The summed E-state index contributed by atoms with van der Waals surface area (Å²) in [7, 11) is 0. The normalized spacial score (nSPS) is 29.0. The second kappa shape index (κ2) is 5.85. The van der Waals surface area contributed by atoms with Gasteiger partial charge in [-0.2, -0.15) is 0 Å². The minimum Gasteiger partial charge on any atom is -0.371 e. The minimum absolute atomic E-state index is 0.0313.